The number of rotatable bonds is 3. The van der Waals surface area contributed by atoms with E-state index in [1.54, 1.807) is 36.4 Å². The van der Waals surface area contributed by atoms with Crippen LogP contribution in [-0.4, -0.2) is 10.9 Å². The molecule has 1 amide bonds. The first kappa shape index (κ1) is 16.2. The van der Waals surface area contributed by atoms with Crippen LogP contribution in [0.2, 0.25) is 10.0 Å². The fraction of sp³-hybridized carbons (Fsp3) is 0. The summed E-state index contributed by atoms with van der Waals surface area (Å²) in [5.41, 5.74) is 7.08. The molecule has 0 aromatic heterocycles. The molecule has 0 radical (unpaired) electrons. The zero-order valence-electron chi connectivity index (χ0n) is 10.5. The van der Waals surface area contributed by atoms with Crippen molar-refractivity contribution in [1.82, 2.24) is 0 Å². The number of thiocarbonyl (C=S) groups is 1. The highest BCUT2D eigenvalue weighted by Gasteiger charge is 2.11. The van der Waals surface area contributed by atoms with Gasteiger partial charge in [0.2, 0.25) is 0 Å². The fourth-order valence-corrected chi connectivity index (χ4v) is 2.39. The molecule has 0 aliphatic rings. The average molecular weight is 404 g/mol. The molecule has 3 nitrogen and oxygen atoms in total. The van der Waals surface area contributed by atoms with Crippen molar-refractivity contribution < 1.29 is 4.79 Å². The van der Waals surface area contributed by atoms with Crippen molar-refractivity contribution in [3.63, 3.8) is 0 Å². The Kier molecular flexibility index (Phi) is 5.22. The van der Waals surface area contributed by atoms with Crippen LogP contribution in [0.4, 0.5) is 5.69 Å². The molecule has 0 fully saturated rings. The second-order valence-corrected chi connectivity index (χ2v) is 6.25. The minimum Gasteiger partial charge on any atom is -0.389 e. The Morgan fingerprint density at radius 2 is 1.71 bits per heavy atom. The van der Waals surface area contributed by atoms with Crippen LogP contribution in [-0.2, 0) is 0 Å². The normalized spacial score (nSPS) is 10.2. The third kappa shape index (κ3) is 3.95. The zero-order chi connectivity index (χ0) is 15.6. The van der Waals surface area contributed by atoms with Gasteiger partial charge in [0, 0.05) is 15.6 Å². The molecular formula is C14H9BrCl2N2OS. The quantitative estimate of drug-likeness (QED) is 0.733. The van der Waals surface area contributed by atoms with Crippen molar-refractivity contribution in [3.8, 4) is 0 Å². The highest BCUT2D eigenvalue weighted by Crippen LogP contribution is 2.26. The minimum atomic E-state index is -0.311. The number of nitrogens with two attached hydrogens (primary N) is 1. The lowest BCUT2D eigenvalue weighted by Gasteiger charge is -2.09. The van der Waals surface area contributed by atoms with Crippen LogP contribution in [0.25, 0.3) is 0 Å². The molecule has 0 aliphatic heterocycles. The van der Waals surface area contributed by atoms with E-state index in [1.807, 2.05) is 0 Å². The van der Waals surface area contributed by atoms with Crippen molar-refractivity contribution in [3.05, 3.63) is 62.0 Å². The molecule has 0 saturated carbocycles. The molecule has 0 atom stereocenters. The maximum atomic E-state index is 12.2. The average Bonchev–Trinajstić information content (AvgIpc) is 2.43. The third-order valence-corrected chi connectivity index (χ3v) is 4.46. The second kappa shape index (κ2) is 6.75. The number of amides is 1. The van der Waals surface area contributed by atoms with Crippen LogP contribution in [0.15, 0.2) is 40.9 Å². The molecule has 0 spiro atoms. The molecule has 3 N–H and O–H groups in total. The summed E-state index contributed by atoms with van der Waals surface area (Å²) in [6.07, 6.45) is 0. The van der Waals surface area contributed by atoms with Crippen molar-refractivity contribution in [2.45, 2.75) is 0 Å². The summed E-state index contributed by atoms with van der Waals surface area (Å²) in [5.74, 6) is -0.311. The van der Waals surface area contributed by atoms with Gasteiger partial charge in [0.1, 0.15) is 4.99 Å². The lowest BCUT2D eigenvalue weighted by atomic mass is 10.1. The van der Waals surface area contributed by atoms with E-state index in [-0.39, 0.29) is 10.9 Å². The first-order valence-electron chi connectivity index (χ1n) is 5.74. The van der Waals surface area contributed by atoms with Gasteiger partial charge in [-0.15, -0.1) is 0 Å². The van der Waals surface area contributed by atoms with Crippen LogP contribution < -0.4 is 11.1 Å². The molecule has 0 unspecified atom stereocenters. The van der Waals surface area contributed by atoms with E-state index in [4.69, 9.17) is 41.2 Å². The Morgan fingerprint density at radius 3 is 2.33 bits per heavy atom. The van der Waals surface area contributed by atoms with Gasteiger partial charge in [-0.3, -0.25) is 4.79 Å². The topological polar surface area (TPSA) is 55.1 Å². The van der Waals surface area contributed by atoms with Gasteiger partial charge < -0.3 is 11.1 Å². The monoisotopic (exact) mass is 402 g/mol. The molecule has 21 heavy (non-hydrogen) atoms. The van der Waals surface area contributed by atoms with Gasteiger partial charge in [-0.2, -0.15) is 0 Å². The fourth-order valence-electron chi connectivity index (χ4n) is 1.61. The van der Waals surface area contributed by atoms with Crippen molar-refractivity contribution in [2.75, 3.05) is 5.32 Å². The number of carbonyl (C=O) groups excluding carboxylic acids is 1. The first-order valence-corrected chi connectivity index (χ1v) is 7.70. The Hall–Kier alpha value is -1.14. The van der Waals surface area contributed by atoms with E-state index in [2.05, 4.69) is 21.2 Å². The van der Waals surface area contributed by atoms with E-state index in [0.29, 0.717) is 31.3 Å². The van der Waals surface area contributed by atoms with Gasteiger partial charge in [0.25, 0.3) is 5.91 Å². The summed E-state index contributed by atoms with van der Waals surface area (Å²) in [7, 11) is 0. The van der Waals surface area contributed by atoms with E-state index in [9.17, 15) is 4.79 Å². The maximum absolute atomic E-state index is 12.2. The number of hydrogen-bond acceptors (Lipinski definition) is 2. The Morgan fingerprint density at radius 1 is 1.10 bits per heavy atom. The van der Waals surface area contributed by atoms with E-state index < -0.39 is 0 Å². The van der Waals surface area contributed by atoms with Gasteiger partial charge in [0.05, 0.1) is 15.7 Å². The molecule has 0 bridgehead atoms. The van der Waals surface area contributed by atoms with Gasteiger partial charge in [-0.25, -0.2) is 0 Å². The summed E-state index contributed by atoms with van der Waals surface area (Å²) in [6, 6.07) is 9.83. The predicted molar refractivity (Wildman–Crippen MR) is 94.4 cm³/mol. The summed E-state index contributed by atoms with van der Waals surface area (Å²) in [6.45, 7) is 0. The molecule has 7 heteroatoms. The zero-order valence-corrected chi connectivity index (χ0v) is 14.4. The summed E-state index contributed by atoms with van der Waals surface area (Å²) >= 11 is 20.1. The number of nitrogens with one attached hydrogen (secondary N) is 1. The van der Waals surface area contributed by atoms with Crippen molar-refractivity contribution >= 4 is 67.9 Å². The van der Waals surface area contributed by atoms with Crippen LogP contribution in [0, 0.1) is 0 Å². The van der Waals surface area contributed by atoms with Gasteiger partial charge in [-0.05, 0) is 46.3 Å². The summed E-state index contributed by atoms with van der Waals surface area (Å²) in [4.78, 5) is 12.4. The molecule has 108 valence electrons. The standard InChI is InChI=1S/C14H9BrCl2N2OS/c15-9-5-8(2-3-10(9)16)14(20)19-12-6-7(13(18)21)1-4-11(12)17/h1-6H,(H2,18,21)(H,19,20). The highest BCUT2D eigenvalue weighted by molar-refractivity contribution is 9.10. The first-order chi connectivity index (χ1) is 9.88. The third-order valence-electron chi connectivity index (χ3n) is 2.68. The molecule has 2 aromatic rings. The van der Waals surface area contributed by atoms with Gasteiger partial charge >= 0.3 is 0 Å². The maximum Gasteiger partial charge on any atom is 0.255 e. The summed E-state index contributed by atoms with van der Waals surface area (Å²) in [5, 5.41) is 3.65. The molecule has 0 aliphatic carbocycles. The highest BCUT2D eigenvalue weighted by atomic mass is 79.9. The van der Waals surface area contributed by atoms with Crippen LogP contribution >= 0.6 is 51.3 Å². The van der Waals surface area contributed by atoms with Gasteiger partial charge in [0.15, 0.2) is 0 Å². The van der Waals surface area contributed by atoms with Crippen molar-refractivity contribution in [2.24, 2.45) is 5.73 Å². The lowest BCUT2D eigenvalue weighted by Crippen LogP contribution is -2.14. The molecular weight excluding hydrogens is 395 g/mol. The Labute approximate surface area is 145 Å². The van der Waals surface area contributed by atoms with E-state index >= 15 is 0 Å². The van der Waals surface area contributed by atoms with Crippen LogP contribution in [0.1, 0.15) is 15.9 Å². The summed E-state index contributed by atoms with van der Waals surface area (Å²) < 4.78 is 0.639. The minimum absolute atomic E-state index is 0.233. The number of carbonyl (C=O) groups is 1. The number of anilines is 1. The Bertz CT molecular complexity index is 737. The van der Waals surface area contributed by atoms with Crippen LogP contribution in [0.5, 0.6) is 0 Å². The van der Waals surface area contributed by atoms with E-state index in [1.165, 1.54) is 0 Å². The van der Waals surface area contributed by atoms with Crippen molar-refractivity contribution in [1.29, 1.82) is 0 Å². The predicted octanol–water partition coefficient (Wildman–Crippen LogP) is 4.64. The Balaban J connectivity index is 2.28. The number of hydrogen-bond donors (Lipinski definition) is 2. The SMILES string of the molecule is NC(=S)c1ccc(Cl)c(NC(=O)c2ccc(Cl)c(Br)c2)c1. The molecule has 0 heterocycles. The second-order valence-electron chi connectivity index (χ2n) is 4.14. The number of halogens is 3. The lowest BCUT2D eigenvalue weighted by molar-refractivity contribution is 0.102. The molecule has 0 saturated heterocycles. The number of benzene rings is 2. The van der Waals surface area contributed by atoms with Crippen LogP contribution in [0.3, 0.4) is 0 Å². The smallest absolute Gasteiger partial charge is 0.255 e. The largest absolute Gasteiger partial charge is 0.389 e. The molecule has 2 rings (SSSR count). The van der Waals surface area contributed by atoms with Gasteiger partial charge in [-0.1, -0.05) is 41.5 Å². The molecule has 2 aromatic carbocycles. The van der Waals surface area contributed by atoms with E-state index in [0.717, 1.165) is 0 Å².